The van der Waals surface area contributed by atoms with Gasteiger partial charge in [0, 0.05) is 37.4 Å². The van der Waals surface area contributed by atoms with Gasteiger partial charge in [-0.2, -0.15) is 0 Å². The van der Waals surface area contributed by atoms with E-state index in [9.17, 15) is 4.79 Å². The second-order valence-corrected chi connectivity index (χ2v) is 6.20. The van der Waals surface area contributed by atoms with Crippen LogP contribution in [0.2, 0.25) is 0 Å². The first-order chi connectivity index (χ1) is 10.1. The Balaban J connectivity index is 1.86. The number of nitrogens with one attached hydrogen (secondary N) is 2. The van der Waals surface area contributed by atoms with Crippen LogP contribution in [0.5, 0.6) is 0 Å². The topological polar surface area (TPSA) is 44.4 Å². The van der Waals surface area contributed by atoms with Crippen molar-refractivity contribution >= 4 is 11.6 Å². The van der Waals surface area contributed by atoms with Crippen LogP contribution in [0.1, 0.15) is 43.0 Å². The van der Waals surface area contributed by atoms with Crippen molar-refractivity contribution in [2.24, 2.45) is 0 Å². The average Bonchev–Trinajstić information content (AvgIpc) is 2.48. The zero-order valence-electron chi connectivity index (χ0n) is 13.4. The number of benzene rings is 1. The number of carbonyl (C=O) groups is 1. The molecule has 1 aliphatic rings. The highest BCUT2D eigenvalue weighted by Crippen LogP contribution is 2.16. The van der Waals surface area contributed by atoms with Gasteiger partial charge in [0.2, 0.25) is 0 Å². The predicted octanol–water partition coefficient (Wildman–Crippen LogP) is 2.72. The third-order valence-electron chi connectivity index (χ3n) is 4.00. The van der Waals surface area contributed by atoms with E-state index >= 15 is 0 Å². The standard InChI is InChI=1S/C17H27N3O/c1-13(12-16-6-4-5-11-18-16)19-15-9-7-14(8-10-15)17(21)20(2)3/h7-10,13,16,18-19H,4-6,11-12H2,1-3H3. The molecular formula is C17H27N3O. The highest BCUT2D eigenvalue weighted by Gasteiger charge is 2.15. The largest absolute Gasteiger partial charge is 0.383 e. The van der Waals surface area contributed by atoms with E-state index in [0.717, 1.165) is 24.2 Å². The lowest BCUT2D eigenvalue weighted by molar-refractivity contribution is 0.0827. The van der Waals surface area contributed by atoms with E-state index in [1.807, 2.05) is 24.3 Å². The van der Waals surface area contributed by atoms with Gasteiger partial charge in [-0.3, -0.25) is 4.79 Å². The molecule has 2 rings (SSSR count). The van der Waals surface area contributed by atoms with E-state index in [-0.39, 0.29) is 5.91 Å². The highest BCUT2D eigenvalue weighted by atomic mass is 16.2. The van der Waals surface area contributed by atoms with Crippen molar-refractivity contribution in [2.75, 3.05) is 26.0 Å². The molecule has 1 amide bonds. The fourth-order valence-corrected chi connectivity index (χ4v) is 2.86. The summed E-state index contributed by atoms with van der Waals surface area (Å²) in [5.74, 6) is 0.0426. The van der Waals surface area contributed by atoms with E-state index in [1.54, 1.807) is 19.0 Å². The molecule has 4 nitrogen and oxygen atoms in total. The molecule has 1 fully saturated rings. The third kappa shape index (κ3) is 4.74. The molecule has 1 aliphatic heterocycles. The van der Waals surface area contributed by atoms with Crippen molar-refractivity contribution in [1.82, 2.24) is 10.2 Å². The molecule has 2 unspecified atom stereocenters. The zero-order valence-corrected chi connectivity index (χ0v) is 13.4. The van der Waals surface area contributed by atoms with E-state index in [0.29, 0.717) is 12.1 Å². The monoisotopic (exact) mass is 289 g/mol. The number of piperidine rings is 1. The van der Waals surface area contributed by atoms with E-state index in [4.69, 9.17) is 0 Å². The summed E-state index contributed by atoms with van der Waals surface area (Å²) < 4.78 is 0. The Labute approximate surface area is 127 Å². The fraction of sp³-hybridized carbons (Fsp3) is 0.588. The lowest BCUT2D eigenvalue weighted by atomic mass is 9.98. The smallest absolute Gasteiger partial charge is 0.253 e. The average molecular weight is 289 g/mol. The van der Waals surface area contributed by atoms with E-state index in [2.05, 4.69) is 17.6 Å². The number of anilines is 1. The van der Waals surface area contributed by atoms with Gasteiger partial charge in [-0.1, -0.05) is 6.42 Å². The van der Waals surface area contributed by atoms with Gasteiger partial charge in [0.15, 0.2) is 0 Å². The minimum absolute atomic E-state index is 0.0426. The Bertz CT molecular complexity index is 450. The van der Waals surface area contributed by atoms with Gasteiger partial charge >= 0.3 is 0 Å². The Morgan fingerprint density at radius 1 is 1.33 bits per heavy atom. The van der Waals surface area contributed by atoms with Crippen molar-refractivity contribution in [3.8, 4) is 0 Å². The molecule has 1 aromatic rings. The molecule has 0 spiro atoms. The Morgan fingerprint density at radius 3 is 2.62 bits per heavy atom. The van der Waals surface area contributed by atoms with Gasteiger partial charge in [-0.25, -0.2) is 0 Å². The van der Waals surface area contributed by atoms with Crippen molar-refractivity contribution in [2.45, 2.75) is 44.7 Å². The van der Waals surface area contributed by atoms with Gasteiger partial charge in [-0.15, -0.1) is 0 Å². The zero-order chi connectivity index (χ0) is 15.2. The van der Waals surface area contributed by atoms with Crippen LogP contribution in [0.25, 0.3) is 0 Å². The van der Waals surface area contributed by atoms with Crippen molar-refractivity contribution in [3.63, 3.8) is 0 Å². The first-order valence-corrected chi connectivity index (χ1v) is 7.88. The summed E-state index contributed by atoms with van der Waals surface area (Å²) in [5.41, 5.74) is 1.81. The number of nitrogens with zero attached hydrogens (tertiary/aromatic N) is 1. The molecule has 1 saturated heterocycles. The van der Waals surface area contributed by atoms with Crippen LogP contribution < -0.4 is 10.6 Å². The maximum Gasteiger partial charge on any atom is 0.253 e. The number of hydrogen-bond acceptors (Lipinski definition) is 3. The number of amides is 1. The minimum atomic E-state index is 0.0426. The molecular weight excluding hydrogens is 262 g/mol. The third-order valence-corrected chi connectivity index (χ3v) is 4.00. The van der Waals surface area contributed by atoms with Crippen LogP contribution in [-0.2, 0) is 0 Å². The summed E-state index contributed by atoms with van der Waals surface area (Å²) in [4.78, 5) is 13.4. The Morgan fingerprint density at radius 2 is 2.05 bits per heavy atom. The van der Waals surface area contributed by atoms with Crippen LogP contribution in [0.15, 0.2) is 24.3 Å². The van der Waals surface area contributed by atoms with Gasteiger partial charge in [0.1, 0.15) is 0 Å². The van der Waals surface area contributed by atoms with Crippen molar-refractivity contribution in [3.05, 3.63) is 29.8 Å². The molecule has 0 radical (unpaired) electrons. The predicted molar refractivity (Wildman–Crippen MR) is 87.8 cm³/mol. The molecule has 0 aromatic heterocycles. The number of hydrogen-bond donors (Lipinski definition) is 2. The molecule has 116 valence electrons. The van der Waals surface area contributed by atoms with Gasteiger partial charge in [0.05, 0.1) is 0 Å². The van der Waals surface area contributed by atoms with Crippen LogP contribution in [0.3, 0.4) is 0 Å². The molecule has 2 atom stereocenters. The second kappa shape index (κ2) is 7.46. The highest BCUT2D eigenvalue weighted by molar-refractivity contribution is 5.94. The van der Waals surface area contributed by atoms with Crippen molar-refractivity contribution in [1.29, 1.82) is 0 Å². The molecule has 1 heterocycles. The molecule has 4 heteroatoms. The normalized spacial score (nSPS) is 19.9. The summed E-state index contributed by atoms with van der Waals surface area (Å²) in [7, 11) is 3.54. The van der Waals surface area contributed by atoms with Crippen molar-refractivity contribution < 1.29 is 4.79 Å². The lowest BCUT2D eigenvalue weighted by Crippen LogP contribution is -2.37. The summed E-state index contributed by atoms with van der Waals surface area (Å²) in [5, 5.41) is 7.10. The van der Waals surface area contributed by atoms with Crippen LogP contribution >= 0.6 is 0 Å². The summed E-state index contributed by atoms with van der Waals surface area (Å²) >= 11 is 0. The first kappa shape index (κ1) is 15.8. The fourth-order valence-electron chi connectivity index (χ4n) is 2.86. The van der Waals surface area contributed by atoms with E-state index in [1.165, 1.54) is 19.3 Å². The maximum atomic E-state index is 11.8. The van der Waals surface area contributed by atoms with Crippen LogP contribution in [0.4, 0.5) is 5.69 Å². The molecule has 0 saturated carbocycles. The molecule has 21 heavy (non-hydrogen) atoms. The van der Waals surface area contributed by atoms with Gasteiger partial charge in [0.25, 0.3) is 5.91 Å². The molecule has 2 N–H and O–H groups in total. The second-order valence-electron chi connectivity index (χ2n) is 6.20. The summed E-state index contributed by atoms with van der Waals surface area (Å²) in [6.45, 7) is 3.37. The van der Waals surface area contributed by atoms with Gasteiger partial charge < -0.3 is 15.5 Å². The SMILES string of the molecule is CC(CC1CCCCN1)Nc1ccc(C(=O)N(C)C)cc1. The Kier molecular flexibility index (Phi) is 5.62. The van der Waals surface area contributed by atoms with Gasteiger partial charge in [-0.05, 0) is 57.0 Å². The maximum absolute atomic E-state index is 11.8. The molecule has 1 aromatic carbocycles. The lowest BCUT2D eigenvalue weighted by Gasteiger charge is -2.27. The minimum Gasteiger partial charge on any atom is -0.383 e. The first-order valence-electron chi connectivity index (χ1n) is 7.88. The number of carbonyl (C=O) groups excluding carboxylic acids is 1. The summed E-state index contributed by atoms with van der Waals surface area (Å²) in [6, 6.07) is 8.81. The van der Waals surface area contributed by atoms with Crippen LogP contribution in [0, 0.1) is 0 Å². The van der Waals surface area contributed by atoms with Crippen LogP contribution in [-0.4, -0.2) is 43.5 Å². The van der Waals surface area contributed by atoms with E-state index < -0.39 is 0 Å². The Hall–Kier alpha value is -1.55. The molecule has 0 aliphatic carbocycles. The quantitative estimate of drug-likeness (QED) is 0.876. The summed E-state index contributed by atoms with van der Waals surface area (Å²) in [6.07, 6.45) is 5.06. The molecule has 0 bridgehead atoms. The number of rotatable bonds is 5.